The first kappa shape index (κ1) is 12.4. The number of aromatic nitrogens is 2. The van der Waals surface area contributed by atoms with E-state index < -0.39 is 0 Å². The van der Waals surface area contributed by atoms with Crippen molar-refractivity contribution in [3.8, 4) is 0 Å². The summed E-state index contributed by atoms with van der Waals surface area (Å²) < 4.78 is 0. The molecule has 0 amide bonds. The summed E-state index contributed by atoms with van der Waals surface area (Å²) in [5.41, 5.74) is 0.931. The molecule has 2 atom stereocenters. The molecule has 0 unspecified atom stereocenters. The van der Waals surface area contributed by atoms with Gasteiger partial charge in [-0.15, -0.1) is 0 Å². The quantitative estimate of drug-likeness (QED) is 0.735. The van der Waals surface area contributed by atoms with Crippen LogP contribution in [0.25, 0.3) is 0 Å². The van der Waals surface area contributed by atoms with E-state index in [2.05, 4.69) is 14.9 Å². The normalized spacial score (nSPS) is 25.3. The number of hydrogen-bond acceptors (Lipinski definition) is 5. The summed E-state index contributed by atoms with van der Waals surface area (Å²) in [6.45, 7) is 2.63. The molecule has 0 saturated carbocycles. The lowest BCUT2D eigenvalue weighted by Gasteiger charge is -2.14. The third-order valence-electron chi connectivity index (χ3n) is 3.20. The minimum Gasteiger partial charge on any atom is -0.396 e. The number of aliphatic hydroxyl groups is 2. The van der Waals surface area contributed by atoms with Crippen LogP contribution >= 0.6 is 0 Å². The molecule has 2 rings (SSSR count). The summed E-state index contributed by atoms with van der Waals surface area (Å²) in [6.07, 6.45) is 6.33. The molecule has 1 aliphatic heterocycles. The van der Waals surface area contributed by atoms with Crippen molar-refractivity contribution < 1.29 is 10.2 Å². The van der Waals surface area contributed by atoms with E-state index in [0.29, 0.717) is 6.54 Å². The summed E-state index contributed by atoms with van der Waals surface area (Å²) in [7, 11) is 0. The first-order valence-corrected chi connectivity index (χ1v) is 6.05. The third kappa shape index (κ3) is 3.46. The zero-order valence-electron chi connectivity index (χ0n) is 9.87. The molecule has 2 heterocycles. The Kier molecular flexibility index (Phi) is 4.42. The van der Waals surface area contributed by atoms with Crippen molar-refractivity contribution in [2.45, 2.75) is 18.9 Å². The monoisotopic (exact) mass is 237 g/mol. The van der Waals surface area contributed by atoms with Gasteiger partial charge in [-0.05, 0) is 12.8 Å². The van der Waals surface area contributed by atoms with Gasteiger partial charge >= 0.3 is 0 Å². The third-order valence-corrected chi connectivity index (χ3v) is 3.20. The number of rotatable bonds is 5. The predicted octanol–water partition coefficient (Wildman–Crippen LogP) is -0.306. The Balaban J connectivity index is 1.86. The van der Waals surface area contributed by atoms with Crippen LogP contribution in [0.15, 0.2) is 18.6 Å². The van der Waals surface area contributed by atoms with Crippen LogP contribution in [0.1, 0.15) is 12.1 Å². The molecule has 5 heteroatoms. The SMILES string of the molecule is OCCCN1C[C@@H](Cc2cnccn2)[C@H](O)C1. The van der Waals surface area contributed by atoms with Gasteiger partial charge in [-0.2, -0.15) is 0 Å². The second-order valence-corrected chi connectivity index (χ2v) is 4.57. The Labute approximate surface area is 101 Å². The standard InChI is InChI=1S/C12H19N3O2/c16-5-1-4-15-8-10(12(17)9-15)6-11-7-13-2-3-14-11/h2-3,7,10,12,16-17H,1,4-6,8-9H2/t10-,12-/m1/s1. The van der Waals surface area contributed by atoms with Gasteiger partial charge < -0.3 is 15.1 Å². The fraction of sp³-hybridized carbons (Fsp3) is 0.667. The van der Waals surface area contributed by atoms with Gasteiger partial charge in [0.15, 0.2) is 0 Å². The summed E-state index contributed by atoms with van der Waals surface area (Å²) in [5, 5.41) is 18.8. The van der Waals surface area contributed by atoms with Crippen molar-refractivity contribution in [3.05, 3.63) is 24.3 Å². The van der Waals surface area contributed by atoms with E-state index in [0.717, 1.165) is 31.6 Å². The topological polar surface area (TPSA) is 69.5 Å². The van der Waals surface area contributed by atoms with Crippen molar-refractivity contribution in [3.63, 3.8) is 0 Å². The maximum absolute atomic E-state index is 9.97. The van der Waals surface area contributed by atoms with Gasteiger partial charge in [0.05, 0.1) is 11.8 Å². The molecule has 1 fully saturated rings. The molecule has 1 aliphatic rings. The van der Waals surface area contributed by atoms with Crippen molar-refractivity contribution in [1.29, 1.82) is 0 Å². The van der Waals surface area contributed by atoms with E-state index in [-0.39, 0.29) is 18.6 Å². The van der Waals surface area contributed by atoms with E-state index in [1.54, 1.807) is 18.6 Å². The van der Waals surface area contributed by atoms with E-state index in [4.69, 9.17) is 5.11 Å². The van der Waals surface area contributed by atoms with Gasteiger partial charge in [0.1, 0.15) is 0 Å². The summed E-state index contributed by atoms with van der Waals surface area (Å²) in [6, 6.07) is 0. The van der Waals surface area contributed by atoms with Gasteiger partial charge in [0.2, 0.25) is 0 Å². The molecule has 0 spiro atoms. The van der Waals surface area contributed by atoms with Crippen LogP contribution in [0.5, 0.6) is 0 Å². The first-order valence-electron chi connectivity index (χ1n) is 6.05. The number of aliphatic hydroxyl groups excluding tert-OH is 2. The first-order chi connectivity index (χ1) is 8.29. The number of β-amino-alcohol motifs (C(OH)–C–C–N with tert-alkyl or cyclic N) is 1. The molecular weight excluding hydrogens is 218 g/mol. The van der Waals surface area contributed by atoms with Gasteiger partial charge in [-0.3, -0.25) is 9.97 Å². The van der Waals surface area contributed by atoms with Crippen molar-refractivity contribution >= 4 is 0 Å². The zero-order valence-corrected chi connectivity index (χ0v) is 9.87. The summed E-state index contributed by atoms with van der Waals surface area (Å²) in [5.74, 6) is 0.227. The van der Waals surface area contributed by atoms with Crippen LogP contribution in [-0.4, -0.2) is 57.4 Å². The van der Waals surface area contributed by atoms with Crippen molar-refractivity contribution in [1.82, 2.24) is 14.9 Å². The number of likely N-dealkylation sites (tertiary alicyclic amines) is 1. The molecule has 0 bridgehead atoms. The average molecular weight is 237 g/mol. The van der Waals surface area contributed by atoms with Crippen LogP contribution in [-0.2, 0) is 6.42 Å². The molecule has 1 aromatic rings. The molecule has 2 N–H and O–H groups in total. The van der Waals surface area contributed by atoms with Crippen LogP contribution in [0.2, 0.25) is 0 Å². The predicted molar refractivity (Wildman–Crippen MR) is 63.4 cm³/mol. The van der Waals surface area contributed by atoms with Crippen LogP contribution in [0, 0.1) is 5.92 Å². The number of nitrogens with zero attached hydrogens (tertiary/aromatic N) is 3. The Morgan fingerprint density at radius 1 is 1.35 bits per heavy atom. The Morgan fingerprint density at radius 3 is 2.94 bits per heavy atom. The summed E-state index contributed by atoms with van der Waals surface area (Å²) in [4.78, 5) is 10.5. The molecule has 17 heavy (non-hydrogen) atoms. The lowest BCUT2D eigenvalue weighted by molar-refractivity contribution is 0.140. The highest BCUT2D eigenvalue weighted by molar-refractivity contribution is 4.99. The van der Waals surface area contributed by atoms with Crippen molar-refractivity contribution in [2.75, 3.05) is 26.2 Å². The summed E-state index contributed by atoms with van der Waals surface area (Å²) >= 11 is 0. The average Bonchev–Trinajstić information content (AvgIpc) is 2.69. The highest BCUT2D eigenvalue weighted by Crippen LogP contribution is 2.20. The molecule has 1 saturated heterocycles. The van der Waals surface area contributed by atoms with Crippen molar-refractivity contribution in [2.24, 2.45) is 5.92 Å². The Bertz CT molecular complexity index is 334. The molecule has 0 radical (unpaired) electrons. The van der Waals surface area contributed by atoms with Gasteiger partial charge in [0, 0.05) is 50.7 Å². The van der Waals surface area contributed by atoms with Crippen LogP contribution < -0.4 is 0 Å². The van der Waals surface area contributed by atoms with E-state index in [1.165, 1.54) is 0 Å². The zero-order chi connectivity index (χ0) is 12.1. The largest absolute Gasteiger partial charge is 0.396 e. The molecule has 94 valence electrons. The Hall–Kier alpha value is -1.04. The molecule has 5 nitrogen and oxygen atoms in total. The highest BCUT2D eigenvalue weighted by Gasteiger charge is 2.31. The van der Waals surface area contributed by atoms with Crippen LogP contribution in [0.3, 0.4) is 0 Å². The van der Waals surface area contributed by atoms with E-state index >= 15 is 0 Å². The van der Waals surface area contributed by atoms with Gasteiger partial charge in [0.25, 0.3) is 0 Å². The van der Waals surface area contributed by atoms with Gasteiger partial charge in [-0.25, -0.2) is 0 Å². The van der Waals surface area contributed by atoms with E-state index in [9.17, 15) is 5.11 Å². The molecule has 1 aromatic heterocycles. The molecular formula is C12H19N3O2. The maximum Gasteiger partial charge on any atom is 0.0711 e. The Morgan fingerprint density at radius 2 is 2.24 bits per heavy atom. The lowest BCUT2D eigenvalue weighted by Crippen LogP contribution is -2.23. The second-order valence-electron chi connectivity index (χ2n) is 4.57. The number of hydrogen-bond donors (Lipinski definition) is 2. The second kappa shape index (κ2) is 6.05. The minimum absolute atomic E-state index is 0.210. The highest BCUT2D eigenvalue weighted by atomic mass is 16.3. The maximum atomic E-state index is 9.97. The molecule has 0 aromatic carbocycles. The fourth-order valence-electron chi connectivity index (χ4n) is 2.32. The molecule has 0 aliphatic carbocycles. The minimum atomic E-state index is -0.296. The fourth-order valence-corrected chi connectivity index (χ4v) is 2.32. The van der Waals surface area contributed by atoms with Crippen LogP contribution in [0.4, 0.5) is 0 Å². The van der Waals surface area contributed by atoms with E-state index in [1.807, 2.05) is 0 Å². The lowest BCUT2D eigenvalue weighted by atomic mass is 10.0. The smallest absolute Gasteiger partial charge is 0.0711 e. The van der Waals surface area contributed by atoms with Gasteiger partial charge in [-0.1, -0.05) is 0 Å².